The lowest BCUT2D eigenvalue weighted by molar-refractivity contribution is 0.0596. The van der Waals surface area contributed by atoms with Crippen molar-refractivity contribution in [3.8, 4) is 11.8 Å². The first-order chi connectivity index (χ1) is 8.19. The Bertz CT molecular complexity index is 438. The topological polar surface area (TPSA) is 85.3 Å². The summed E-state index contributed by atoms with van der Waals surface area (Å²) in [5, 5.41) is 8.39. The molecule has 1 aromatic rings. The number of benzene rings is 1. The predicted molar refractivity (Wildman–Crippen MR) is 62.5 cm³/mol. The Morgan fingerprint density at radius 3 is 2.94 bits per heavy atom. The highest BCUT2D eigenvalue weighted by Gasteiger charge is 2.13. The summed E-state index contributed by atoms with van der Waals surface area (Å²) in [6.07, 6.45) is 1.02. The number of hydrogen-bond acceptors (Lipinski definition) is 5. The van der Waals surface area contributed by atoms with Crippen LogP contribution < -0.4 is 10.5 Å². The van der Waals surface area contributed by atoms with Crippen LogP contribution in [-0.2, 0) is 4.74 Å². The van der Waals surface area contributed by atoms with Crippen molar-refractivity contribution in [2.75, 3.05) is 19.5 Å². The van der Waals surface area contributed by atoms with Gasteiger partial charge in [-0.15, -0.1) is 0 Å². The molecular weight excluding hydrogens is 220 g/mol. The summed E-state index contributed by atoms with van der Waals surface area (Å²) in [4.78, 5) is 11.4. The molecule has 0 atom stereocenters. The summed E-state index contributed by atoms with van der Waals surface area (Å²) in [5.74, 6) is -0.0879. The van der Waals surface area contributed by atoms with E-state index in [4.69, 9.17) is 15.7 Å². The third kappa shape index (κ3) is 3.68. The van der Waals surface area contributed by atoms with Gasteiger partial charge in [0.25, 0.3) is 0 Å². The van der Waals surface area contributed by atoms with Gasteiger partial charge in [-0.2, -0.15) is 5.26 Å². The molecule has 1 rings (SSSR count). The quantitative estimate of drug-likeness (QED) is 0.476. The van der Waals surface area contributed by atoms with Crippen LogP contribution in [0, 0.1) is 11.3 Å². The fourth-order valence-corrected chi connectivity index (χ4v) is 1.27. The van der Waals surface area contributed by atoms with Crippen molar-refractivity contribution in [1.29, 1.82) is 5.26 Å². The number of hydrogen-bond donors (Lipinski definition) is 1. The number of methoxy groups -OCH3 is 1. The van der Waals surface area contributed by atoms with Crippen molar-refractivity contribution in [3.63, 3.8) is 0 Å². The Morgan fingerprint density at radius 1 is 1.53 bits per heavy atom. The van der Waals surface area contributed by atoms with Gasteiger partial charge in [-0.25, -0.2) is 4.79 Å². The van der Waals surface area contributed by atoms with Crippen molar-refractivity contribution in [1.82, 2.24) is 0 Å². The Hall–Kier alpha value is -2.22. The summed E-state index contributed by atoms with van der Waals surface area (Å²) in [6, 6.07) is 6.75. The number of esters is 1. The second-order valence-corrected chi connectivity index (χ2v) is 3.36. The Labute approximate surface area is 99.7 Å². The molecule has 0 aromatic heterocycles. The number of carbonyl (C=O) groups excluding carboxylic acids is 1. The zero-order valence-electron chi connectivity index (χ0n) is 9.60. The van der Waals surface area contributed by atoms with E-state index in [2.05, 4.69) is 4.74 Å². The maximum atomic E-state index is 11.4. The van der Waals surface area contributed by atoms with Crippen LogP contribution in [0.5, 0.6) is 5.75 Å². The first-order valence-corrected chi connectivity index (χ1v) is 5.16. The van der Waals surface area contributed by atoms with Gasteiger partial charge in [0.05, 0.1) is 19.8 Å². The summed E-state index contributed by atoms with van der Waals surface area (Å²) < 4.78 is 10.0. The Kier molecular flexibility index (Phi) is 4.82. The highest BCUT2D eigenvalue weighted by molar-refractivity contribution is 5.93. The van der Waals surface area contributed by atoms with Crippen LogP contribution in [0.4, 0.5) is 5.69 Å². The van der Waals surface area contributed by atoms with Gasteiger partial charge < -0.3 is 15.2 Å². The molecule has 0 saturated heterocycles. The van der Waals surface area contributed by atoms with Crippen molar-refractivity contribution < 1.29 is 14.3 Å². The number of ether oxygens (including phenoxy) is 2. The number of nitrogens with two attached hydrogens (primary N) is 1. The third-order valence-electron chi connectivity index (χ3n) is 2.10. The molecule has 5 nitrogen and oxygen atoms in total. The third-order valence-corrected chi connectivity index (χ3v) is 2.10. The van der Waals surface area contributed by atoms with Crippen molar-refractivity contribution in [2.24, 2.45) is 0 Å². The maximum absolute atomic E-state index is 11.4. The van der Waals surface area contributed by atoms with E-state index in [-0.39, 0.29) is 0 Å². The van der Waals surface area contributed by atoms with E-state index in [1.807, 2.05) is 6.07 Å². The van der Waals surface area contributed by atoms with Gasteiger partial charge in [-0.1, -0.05) is 0 Å². The van der Waals surface area contributed by atoms with E-state index < -0.39 is 5.97 Å². The first-order valence-electron chi connectivity index (χ1n) is 5.16. The number of anilines is 1. The Balaban J connectivity index is 2.77. The summed E-state index contributed by atoms with van der Waals surface area (Å²) in [6.45, 7) is 0.362. The molecule has 0 amide bonds. The number of carbonyl (C=O) groups is 1. The molecular formula is C12H14N2O3. The fraction of sp³-hybridized carbons (Fsp3) is 0.333. The number of nitrogen functional groups attached to an aromatic ring is 1. The lowest BCUT2D eigenvalue weighted by atomic mass is 10.2. The predicted octanol–water partition coefficient (Wildman–Crippen LogP) is 1.74. The van der Waals surface area contributed by atoms with Gasteiger partial charge in [0.15, 0.2) is 0 Å². The Morgan fingerprint density at radius 2 is 2.29 bits per heavy atom. The molecule has 2 N–H and O–H groups in total. The summed E-state index contributed by atoms with van der Waals surface area (Å²) >= 11 is 0. The molecule has 0 aliphatic carbocycles. The summed E-state index contributed by atoms with van der Waals surface area (Å²) in [5.41, 5.74) is 6.45. The largest absolute Gasteiger partial charge is 0.493 e. The second kappa shape index (κ2) is 6.38. The molecule has 0 unspecified atom stereocenters. The van der Waals surface area contributed by atoms with E-state index in [0.717, 1.165) is 0 Å². The number of nitriles is 1. The van der Waals surface area contributed by atoms with Crippen LogP contribution in [0.25, 0.3) is 0 Å². The first kappa shape index (κ1) is 12.8. The molecule has 0 radical (unpaired) electrons. The average Bonchev–Trinajstić information content (AvgIpc) is 2.34. The molecule has 5 heteroatoms. The van der Waals surface area contributed by atoms with Crippen molar-refractivity contribution in [3.05, 3.63) is 23.8 Å². The van der Waals surface area contributed by atoms with E-state index >= 15 is 0 Å². The molecule has 0 saturated carbocycles. The van der Waals surface area contributed by atoms with Crippen LogP contribution in [0.15, 0.2) is 18.2 Å². The molecule has 0 fully saturated rings. The molecule has 1 aromatic carbocycles. The van der Waals surface area contributed by atoms with Crippen LogP contribution in [0.1, 0.15) is 23.2 Å². The van der Waals surface area contributed by atoms with Crippen LogP contribution >= 0.6 is 0 Å². The molecule has 90 valence electrons. The fourth-order valence-electron chi connectivity index (χ4n) is 1.27. The zero-order chi connectivity index (χ0) is 12.7. The normalized spacial score (nSPS) is 9.41. The average molecular weight is 234 g/mol. The van der Waals surface area contributed by atoms with Crippen LogP contribution in [0.3, 0.4) is 0 Å². The highest BCUT2D eigenvalue weighted by Crippen LogP contribution is 2.22. The van der Waals surface area contributed by atoms with E-state index in [9.17, 15) is 4.79 Å². The zero-order valence-corrected chi connectivity index (χ0v) is 9.60. The second-order valence-electron chi connectivity index (χ2n) is 3.36. The van der Waals surface area contributed by atoms with E-state index in [0.29, 0.717) is 36.4 Å². The summed E-state index contributed by atoms with van der Waals surface area (Å²) in [7, 11) is 1.30. The van der Waals surface area contributed by atoms with Gasteiger partial charge >= 0.3 is 5.97 Å². The number of unbranched alkanes of at least 4 members (excludes halogenated alkanes) is 1. The molecule has 0 spiro atoms. The highest BCUT2D eigenvalue weighted by atomic mass is 16.5. The van der Waals surface area contributed by atoms with Gasteiger partial charge in [-0.05, 0) is 18.6 Å². The monoisotopic (exact) mass is 234 g/mol. The SMILES string of the molecule is COC(=O)c1ccc(N)cc1OCCCC#N. The standard InChI is InChI=1S/C12H14N2O3/c1-16-12(15)10-5-4-9(14)8-11(10)17-7-3-2-6-13/h4-5,8H,2-3,7,14H2,1H3. The van der Waals surface area contributed by atoms with Gasteiger partial charge in [0.1, 0.15) is 11.3 Å². The van der Waals surface area contributed by atoms with Crippen molar-refractivity contribution >= 4 is 11.7 Å². The lowest BCUT2D eigenvalue weighted by Gasteiger charge is -2.10. The minimum Gasteiger partial charge on any atom is -0.493 e. The van der Waals surface area contributed by atoms with Gasteiger partial charge in [0.2, 0.25) is 0 Å². The maximum Gasteiger partial charge on any atom is 0.341 e. The van der Waals surface area contributed by atoms with Gasteiger partial charge in [-0.3, -0.25) is 0 Å². The lowest BCUT2D eigenvalue weighted by Crippen LogP contribution is -2.07. The number of rotatable bonds is 5. The molecule has 17 heavy (non-hydrogen) atoms. The number of nitrogens with zero attached hydrogens (tertiary/aromatic N) is 1. The van der Waals surface area contributed by atoms with E-state index in [1.165, 1.54) is 7.11 Å². The minimum absolute atomic E-state index is 0.332. The molecule has 0 aliphatic heterocycles. The van der Waals surface area contributed by atoms with Gasteiger partial charge in [0, 0.05) is 18.2 Å². The van der Waals surface area contributed by atoms with Crippen molar-refractivity contribution in [2.45, 2.75) is 12.8 Å². The molecule has 0 bridgehead atoms. The molecule has 0 heterocycles. The smallest absolute Gasteiger partial charge is 0.341 e. The van der Waals surface area contributed by atoms with E-state index in [1.54, 1.807) is 18.2 Å². The van der Waals surface area contributed by atoms with Crippen LogP contribution in [0.2, 0.25) is 0 Å². The minimum atomic E-state index is -0.472. The molecule has 0 aliphatic rings. The van der Waals surface area contributed by atoms with Crippen LogP contribution in [-0.4, -0.2) is 19.7 Å².